The Morgan fingerprint density at radius 1 is 1.32 bits per heavy atom. The highest BCUT2D eigenvalue weighted by molar-refractivity contribution is 5.87. The van der Waals surface area contributed by atoms with Gasteiger partial charge in [0.1, 0.15) is 6.04 Å². The average Bonchev–Trinajstić information content (AvgIpc) is 2.87. The molecule has 2 N–H and O–H groups in total. The molecule has 0 bridgehead atoms. The zero-order valence-corrected chi connectivity index (χ0v) is 10.9. The van der Waals surface area contributed by atoms with Gasteiger partial charge in [-0.2, -0.15) is 0 Å². The van der Waals surface area contributed by atoms with E-state index in [-0.39, 0.29) is 24.7 Å². The van der Waals surface area contributed by atoms with E-state index in [1.807, 2.05) is 0 Å². The van der Waals surface area contributed by atoms with Gasteiger partial charge < -0.3 is 15.2 Å². The number of carbonyl (C=O) groups excluding carboxylic acids is 2. The van der Waals surface area contributed by atoms with Crippen LogP contribution in [0.15, 0.2) is 0 Å². The van der Waals surface area contributed by atoms with Crippen molar-refractivity contribution < 1.29 is 24.2 Å². The molecule has 0 heterocycles. The van der Waals surface area contributed by atoms with Gasteiger partial charge in [-0.15, -0.1) is 0 Å². The molecule has 0 aliphatic heterocycles. The first-order valence-electron chi connectivity index (χ1n) is 6.64. The average molecular weight is 269 g/mol. The lowest BCUT2D eigenvalue weighted by atomic mass is 10.1. The predicted octanol–water partition coefficient (Wildman–Crippen LogP) is 0.555. The Morgan fingerprint density at radius 2 is 1.95 bits per heavy atom. The van der Waals surface area contributed by atoms with E-state index in [9.17, 15) is 14.4 Å². The van der Waals surface area contributed by atoms with Gasteiger partial charge in [-0.05, 0) is 31.1 Å². The van der Waals surface area contributed by atoms with E-state index in [1.54, 1.807) is 0 Å². The molecular formula is C13H19NO5. The van der Waals surface area contributed by atoms with Crippen LogP contribution in [0.5, 0.6) is 0 Å². The number of esters is 1. The number of ether oxygens (including phenoxy) is 1. The van der Waals surface area contributed by atoms with Gasteiger partial charge in [-0.3, -0.25) is 9.59 Å². The molecule has 0 aromatic rings. The largest absolute Gasteiger partial charge is 0.480 e. The molecule has 3 atom stereocenters. The van der Waals surface area contributed by atoms with Crippen LogP contribution in [0, 0.1) is 17.8 Å². The van der Waals surface area contributed by atoms with Crippen molar-refractivity contribution in [2.24, 2.45) is 17.8 Å². The van der Waals surface area contributed by atoms with Crippen molar-refractivity contribution in [3.05, 3.63) is 0 Å². The lowest BCUT2D eigenvalue weighted by molar-refractivity contribution is -0.144. The maximum Gasteiger partial charge on any atom is 0.326 e. The number of aliphatic carboxylic acids is 1. The molecule has 0 spiro atoms. The molecule has 6 heteroatoms. The van der Waals surface area contributed by atoms with Gasteiger partial charge in [-0.25, -0.2) is 4.79 Å². The summed E-state index contributed by atoms with van der Waals surface area (Å²) >= 11 is 0. The van der Waals surface area contributed by atoms with Gasteiger partial charge in [0.2, 0.25) is 5.91 Å². The first-order chi connectivity index (χ1) is 9.04. The van der Waals surface area contributed by atoms with E-state index in [1.165, 1.54) is 13.5 Å². The quantitative estimate of drug-likeness (QED) is 0.687. The fraction of sp³-hybridized carbons (Fsp3) is 0.769. The second-order valence-corrected chi connectivity index (χ2v) is 5.30. The summed E-state index contributed by atoms with van der Waals surface area (Å²) in [5, 5.41) is 11.6. The molecule has 6 nitrogen and oxygen atoms in total. The smallest absolute Gasteiger partial charge is 0.326 e. The molecule has 2 aliphatic rings. The van der Waals surface area contributed by atoms with Gasteiger partial charge in [0.05, 0.1) is 7.11 Å². The fourth-order valence-corrected chi connectivity index (χ4v) is 3.10. The third-order valence-electron chi connectivity index (χ3n) is 4.19. The molecule has 1 amide bonds. The van der Waals surface area contributed by atoms with Crippen LogP contribution >= 0.6 is 0 Å². The molecule has 106 valence electrons. The molecule has 19 heavy (non-hydrogen) atoms. The van der Waals surface area contributed by atoms with Gasteiger partial charge in [0, 0.05) is 12.3 Å². The topological polar surface area (TPSA) is 92.7 Å². The molecule has 2 fully saturated rings. The van der Waals surface area contributed by atoms with E-state index < -0.39 is 18.0 Å². The summed E-state index contributed by atoms with van der Waals surface area (Å²) in [6, 6.07) is -1.01. The van der Waals surface area contributed by atoms with E-state index >= 15 is 0 Å². The van der Waals surface area contributed by atoms with Crippen molar-refractivity contribution in [3.63, 3.8) is 0 Å². The number of methoxy groups -OCH3 is 1. The van der Waals surface area contributed by atoms with Crippen molar-refractivity contribution in [2.45, 2.75) is 38.1 Å². The van der Waals surface area contributed by atoms with Gasteiger partial charge in [-0.1, -0.05) is 6.42 Å². The number of rotatable bonds is 6. The molecule has 2 saturated carbocycles. The molecule has 2 rings (SSSR count). The van der Waals surface area contributed by atoms with Crippen LogP contribution < -0.4 is 5.32 Å². The molecule has 0 aromatic heterocycles. The number of amides is 1. The van der Waals surface area contributed by atoms with Crippen LogP contribution in [0.2, 0.25) is 0 Å². The van der Waals surface area contributed by atoms with Crippen molar-refractivity contribution in [3.8, 4) is 0 Å². The standard InChI is InChI=1S/C13H19NO5/c1-19-10(15)6-5-9(13(17)18)14-12(16)11-7-3-2-4-8(7)11/h7-9,11H,2-6H2,1H3,(H,14,16)(H,17,18). The molecule has 2 aliphatic carbocycles. The Morgan fingerprint density at radius 3 is 2.47 bits per heavy atom. The van der Waals surface area contributed by atoms with E-state index in [0.717, 1.165) is 12.8 Å². The lowest BCUT2D eigenvalue weighted by Gasteiger charge is -2.14. The molecule has 0 saturated heterocycles. The highest BCUT2D eigenvalue weighted by Gasteiger charge is 2.56. The van der Waals surface area contributed by atoms with Crippen LogP contribution in [0.1, 0.15) is 32.1 Å². The van der Waals surface area contributed by atoms with Crippen molar-refractivity contribution in [2.75, 3.05) is 7.11 Å². The lowest BCUT2D eigenvalue weighted by Crippen LogP contribution is -2.42. The monoisotopic (exact) mass is 269 g/mol. The predicted molar refractivity (Wildman–Crippen MR) is 65.1 cm³/mol. The van der Waals surface area contributed by atoms with E-state index in [4.69, 9.17) is 5.11 Å². The van der Waals surface area contributed by atoms with Gasteiger partial charge >= 0.3 is 11.9 Å². The maximum absolute atomic E-state index is 12.0. The normalized spacial score (nSPS) is 29.2. The highest BCUT2D eigenvalue weighted by Crippen LogP contribution is 2.57. The van der Waals surface area contributed by atoms with Crippen LogP contribution in [-0.2, 0) is 19.1 Å². The Hall–Kier alpha value is -1.59. The molecule has 0 radical (unpaired) electrons. The van der Waals surface area contributed by atoms with Gasteiger partial charge in [0.25, 0.3) is 0 Å². The van der Waals surface area contributed by atoms with Crippen LogP contribution in [0.3, 0.4) is 0 Å². The minimum absolute atomic E-state index is 0.00581. The number of hydrogen-bond donors (Lipinski definition) is 2. The first kappa shape index (κ1) is 13.8. The molecular weight excluding hydrogens is 250 g/mol. The van der Waals surface area contributed by atoms with Gasteiger partial charge in [0.15, 0.2) is 0 Å². The van der Waals surface area contributed by atoms with E-state index in [2.05, 4.69) is 10.1 Å². The Bertz CT molecular complexity index is 384. The van der Waals surface area contributed by atoms with Crippen LogP contribution in [0.4, 0.5) is 0 Å². The Balaban J connectivity index is 1.81. The zero-order valence-electron chi connectivity index (χ0n) is 10.9. The van der Waals surface area contributed by atoms with E-state index in [0.29, 0.717) is 11.8 Å². The fourth-order valence-electron chi connectivity index (χ4n) is 3.10. The minimum atomic E-state index is -1.11. The summed E-state index contributed by atoms with van der Waals surface area (Å²) in [7, 11) is 1.25. The number of fused-ring (bicyclic) bond motifs is 1. The highest BCUT2D eigenvalue weighted by atomic mass is 16.5. The van der Waals surface area contributed by atoms with Crippen molar-refractivity contribution in [1.82, 2.24) is 5.32 Å². The third kappa shape index (κ3) is 3.05. The first-order valence-corrected chi connectivity index (χ1v) is 6.64. The second kappa shape index (κ2) is 5.59. The molecule has 0 aromatic carbocycles. The Labute approximate surface area is 111 Å². The number of hydrogen-bond acceptors (Lipinski definition) is 4. The van der Waals surface area contributed by atoms with Crippen LogP contribution in [0.25, 0.3) is 0 Å². The van der Waals surface area contributed by atoms with Crippen LogP contribution in [-0.4, -0.2) is 36.1 Å². The van der Waals surface area contributed by atoms with Crippen molar-refractivity contribution in [1.29, 1.82) is 0 Å². The second-order valence-electron chi connectivity index (χ2n) is 5.30. The third-order valence-corrected chi connectivity index (χ3v) is 4.19. The van der Waals surface area contributed by atoms with Crippen molar-refractivity contribution >= 4 is 17.8 Å². The molecule has 3 unspecified atom stereocenters. The Kier molecular flexibility index (Phi) is 4.07. The summed E-state index contributed by atoms with van der Waals surface area (Å²) < 4.78 is 4.46. The maximum atomic E-state index is 12.0. The zero-order chi connectivity index (χ0) is 14.0. The summed E-state index contributed by atoms with van der Waals surface area (Å²) in [4.78, 5) is 34.0. The summed E-state index contributed by atoms with van der Waals surface area (Å²) in [6.45, 7) is 0. The summed E-state index contributed by atoms with van der Waals surface area (Å²) in [5.41, 5.74) is 0. The SMILES string of the molecule is COC(=O)CCC(NC(=O)C1C2CCCC21)C(=O)O. The summed E-state index contributed by atoms with van der Waals surface area (Å²) in [6.07, 6.45) is 3.37. The summed E-state index contributed by atoms with van der Waals surface area (Å²) in [5.74, 6) is -0.849. The number of carboxylic acids is 1. The minimum Gasteiger partial charge on any atom is -0.480 e. The number of carbonyl (C=O) groups is 3. The number of nitrogens with one attached hydrogen (secondary N) is 1. The number of carboxylic acid groups (broad SMARTS) is 1.